The summed E-state index contributed by atoms with van der Waals surface area (Å²) in [4.78, 5) is 2.28. The number of nitrogens with zero attached hydrogens (tertiary/aromatic N) is 1. The molecule has 18 heavy (non-hydrogen) atoms. The molecule has 0 aliphatic carbocycles. The third-order valence-electron chi connectivity index (χ3n) is 3.41. The highest BCUT2D eigenvalue weighted by Crippen LogP contribution is 2.10. The molecule has 0 radical (unpaired) electrons. The summed E-state index contributed by atoms with van der Waals surface area (Å²) in [6.07, 6.45) is 11.0. The molecule has 0 heterocycles. The Labute approximate surface area is 113 Å². The fourth-order valence-corrected chi connectivity index (χ4v) is 2.29. The fraction of sp³-hybridized carbons (Fsp3) is 0.647. The highest BCUT2D eigenvalue weighted by molar-refractivity contribution is 5.14. The Kier molecular flexibility index (Phi) is 8.58. The summed E-state index contributed by atoms with van der Waals surface area (Å²) in [5.74, 6) is 0. The molecule has 0 bridgehead atoms. The average molecular weight is 247 g/mol. The molecule has 0 aliphatic rings. The van der Waals surface area contributed by atoms with Crippen LogP contribution in [0.3, 0.4) is 0 Å². The Bertz CT molecular complexity index is 279. The molecule has 0 amide bonds. The monoisotopic (exact) mass is 247 g/mol. The number of hydrogen-bond acceptors (Lipinski definition) is 1. The Balaban J connectivity index is 1.84. The molecule has 0 saturated carbocycles. The molecule has 0 spiro atoms. The lowest BCUT2D eigenvalue weighted by Gasteiger charge is -2.08. The maximum atomic E-state index is 2.28. The first-order chi connectivity index (χ1) is 8.79. The van der Waals surface area contributed by atoms with Crippen molar-refractivity contribution in [2.45, 2.75) is 51.4 Å². The molecular weight excluding hydrogens is 218 g/mol. The second-order valence-corrected chi connectivity index (χ2v) is 5.51. The van der Waals surface area contributed by atoms with Gasteiger partial charge in [0.05, 0.1) is 0 Å². The van der Waals surface area contributed by atoms with Gasteiger partial charge in [0.1, 0.15) is 0 Å². The van der Waals surface area contributed by atoms with Gasteiger partial charge in [0.2, 0.25) is 0 Å². The van der Waals surface area contributed by atoms with Crippen molar-refractivity contribution in [2.75, 3.05) is 20.6 Å². The second kappa shape index (κ2) is 10.1. The molecule has 0 unspecified atom stereocenters. The zero-order chi connectivity index (χ0) is 13.1. The molecule has 1 aromatic rings. The van der Waals surface area contributed by atoms with Crippen LogP contribution < -0.4 is 0 Å². The van der Waals surface area contributed by atoms with E-state index in [0.29, 0.717) is 0 Å². The van der Waals surface area contributed by atoms with Gasteiger partial charge in [-0.25, -0.2) is 0 Å². The van der Waals surface area contributed by atoms with E-state index in [-0.39, 0.29) is 0 Å². The van der Waals surface area contributed by atoms with Crippen molar-refractivity contribution in [3.8, 4) is 0 Å². The Morgan fingerprint density at radius 1 is 0.722 bits per heavy atom. The van der Waals surface area contributed by atoms with Crippen LogP contribution in [-0.4, -0.2) is 25.5 Å². The predicted molar refractivity (Wildman–Crippen MR) is 81.0 cm³/mol. The quantitative estimate of drug-likeness (QED) is 0.549. The van der Waals surface area contributed by atoms with Crippen molar-refractivity contribution in [3.05, 3.63) is 35.9 Å². The van der Waals surface area contributed by atoms with Crippen LogP contribution in [0.1, 0.15) is 50.5 Å². The summed E-state index contributed by atoms with van der Waals surface area (Å²) in [7, 11) is 4.31. The van der Waals surface area contributed by atoms with Gasteiger partial charge >= 0.3 is 0 Å². The Hall–Kier alpha value is -0.820. The highest BCUT2D eigenvalue weighted by Gasteiger charge is 1.94. The number of hydrogen-bond donors (Lipinski definition) is 0. The first-order valence-corrected chi connectivity index (χ1v) is 7.47. The van der Waals surface area contributed by atoms with E-state index < -0.39 is 0 Å². The van der Waals surface area contributed by atoms with Crippen molar-refractivity contribution in [3.63, 3.8) is 0 Å². The van der Waals surface area contributed by atoms with E-state index in [1.54, 1.807) is 0 Å². The molecule has 0 aromatic heterocycles. The molecule has 0 N–H and O–H groups in total. The molecule has 1 nitrogen and oxygen atoms in total. The van der Waals surface area contributed by atoms with Gasteiger partial charge in [-0.1, -0.05) is 62.4 Å². The first kappa shape index (κ1) is 15.2. The second-order valence-electron chi connectivity index (χ2n) is 5.51. The van der Waals surface area contributed by atoms with Crippen molar-refractivity contribution >= 4 is 0 Å². The standard InChI is InChI=1S/C17H29N/c1-18(2)16-12-7-5-3-4-6-9-13-17-14-10-8-11-15-17/h8,10-11,14-15H,3-7,9,12-13,16H2,1-2H3. The maximum Gasteiger partial charge on any atom is -0.00248 e. The largest absolute Gasteiger partial charge is 0.309 e. The minimum Gasteiger partial charge on any atom is -0.309 e. The van der Waals surface area contributed by atoms with Gasteiger partial charge in [-0.05, 0) is 45.5 Å². The number of aryl methyl sites for hydroxylation is 1. The van der Waals surface area contributed by atoms with Crippen molar-refractivity contribution in [1.29, 1.82) is 0 Å². The minimum absolute atomic E-state index is 1.24. The average Bonchev–Trinajstić information content (AvgIpc) is 2.37. The Morgan fingerprint density at radius 3 is 1.89 bits per heavy atom. The zero-order valence-electron chi connectivity index (χ0n) is 12.2. The fourth-order valence-electron chi connectivity index (χ4n) is 2.29. The van der Waals surface area contributed by atoms with Gasteiger partial charge in [-0.3, -0.25) is 0 Å². The third-order valence-corrected chi connectivity index (χ3v) is 3.41. The van der Waals surface area contributed by atoms with Crippen LogP contribution in [0.25, 0.3) is 0 Å². The van der Waals surface area contributed by atoms with E-state index in [9.17, 15) is 0 Å². The highest BCUT2D eigenvalue weighted by atomic mass is 15.0. The summed E-state index contributed by atoms with van der Waals surface area (Å²) >= 11 is 0. The van der Waals surface area contributed by atoms with Gasteiger partial charge in [-0.2, -0.15) is 0 Å². The summed E-state index contributed by atoms with van der Waals surface area (Å²) in [6.45, 7) is 1.24. The Morgan fingerprint density at radius 2 is 1.28 bits per heavy atom. The van der Waals surface area contributed by atoms with Gasteiger partial charge in [0, 0.05) is 0 Å². The van der Waals surface area contributed by atoms with Crippen molar-refractivity contribution < 1.29 is 0 Å². The smallest absolute Gasteiger partial charge is 0.00248 e. The van der Waals surface area contributed by atoms with Gasteiger partial charge in [0.25, 0.3) is 0 Å². The van der Waals surface area contributed by atoms with Crippen molar-refractivity contribution in [2.24, 2.45) is 0 Å². The predicted octanol–water partition coefficient (Wildman–Crippen LogP) is 4.52. The summed E-state index contributed by atoms with van der Waals surface area (Å²) in [5.41, 5.74) is 1.49. The molecular formula is C17H29N. The molecule has 1 rings (SSSR count). The van der Waals surface area contributed by atoms with Crippen LogP contribution in [0.15, 0.2) is 30.3 Å². The van der Waals surface area contributed by atoms with E-state index >= 15 is 0 Å². The maximum absolute atomic E-state index is 2.28. The van der Waals surface area contributed by atoms with E-state index in [1.807, 2.05) is 0 Å². The minimum atomic E-state index is 1.24. The van der Waals surface area contributed by atoms with Crippen LogP contribution >= 0.6 is 0 Å². The molecule has 0 atom stereocenters. The SMILES string of the molecule is CN(C)CCCCCCCCCc1ccccc1. The lowest BCUT2D eigenvalue weighted by molar-refractivity contribution is 0.389. The van der Waals surface area contributed by atoms with Crippen molar-refractivity contribution in [1.82, 2.24) is 4.90 Å². The molecule has 0 aliphatic heterocycles. The molecule has 102 valence electrons. The molecule has 0 saturated heterocycles. The van der Waals surface area contributed by atoms with E-state index in [0.717, 1.165) is 0 Å². The van der Waals surface area contributed by atoms with Crippen LogP contribution in [0.5, 0.6) is 0 Å². The summed E-state index contributed by atoms with van der Waals surface area (Å²) < 4.78 is 0. The molecule has 1 aromatic carbocycles. The van der Waals surface area contributed by atoms with Crippen LogP contribution in [0.2, 0.25) is 0 Å². The lowest BCUT2D eigenvalue weighted by atomic mass is 10.0. The number of benzene rings is 1. The zero-order valence-corrected chi connectivity index (χ0v) is 12.2. The van der Waals surface area contributed by atoms with Gasteiger partial charge < -0.3 is 4.90 Å². The normalized spacial score (nSPS) is 11.1. The van der Waals surface area contributed by atoms with Crippen LogP contribution in [0, 0.1) is 0 Å². The third kappa shape index (κ3) is 8.30. The van der Waals surface area contributed by atoms with Gasteiger partial charge in [-0.15, -0.1) is 0 Å². The first-order valence-electron chi connectivity index (χ1n) is 7.47. The van der Waals surface area contributed by atoms with Crippen LogP contribution in [0.4, 0.5) is 0 Å². The van der Waals surface area contributed by atoms with E-state index in [2.05, 4.69) is 49.3 Å². The topological polar surface area (TPSA) is 3.24 Å². The summed E-state index contributed by atoms with van der Waals surface area (Å²) in [6, 6.07) is 10.8. The lowest BCUT2D eigenvalue weighted by Crippen LogP contribution is -2.12. The van der Waals surface area contributed by atoms with E-state index in [1.165, 1.54) is 63.5 Å². The van der Waals surface area contributed by atoms with Gasteiger partial charge in [0.15, 0.2) is 0 Å². The van der Waals surface area contributed by atoms with Crippen LogP contribution in [-0.2, 0) is 6.42 Å². The number of unbranched alkanes of at least 4 members (excludes halogenated alkanes) is 6. The number of rotatable bonds is 10. The molecule has 0 fully saturated rings. The summed E-state index contributed by atoms with van der Waals surface area (Å²) in [5, 5.41) is 0. The van der Waals surface area contributed by atoms with E-state index in [4.69, 9.17) is 0 Å². The molecule has 1 heteroatoms.